The number of hydrogen-bond donors (Lipinski definition) is 2. The van der Waals surface area contributed by atoms with Gasteiger partial charge in [-0.2, -0.15) is 0 Å². The number of nitrogens with zero attached hydrogens (tertiary/aromatic N) is 1. The Hall–Kier alpha value is -1.55. The second kappa shape index (κ2) is 7.14. The summed E-state index contributed by atoms with van der Waals surface area (Å²) in [6, 6.07) is 10.7. The number of anilines is 1. The molecule has 2 aliphatic rings. The molecular weight excluding hydrogens is 276 g/mol. The first-order valence-corrected chi connectivity index (χ1v) is 8.51. The van der Waals surface area contributed by atoms with Crippen molar-refractivity contribution in [3.8, 4) is 0 Å². The summed E-state index contributed by atoms with van der Waals surface area (Å²) in [6.45, 7) is 1.96. The molecule has 120 valence electrons. The van der Waals surface area contributed by atoms with Gasteiger partial charge in [-0.25, -0.2) is 0 Å². The molecule has 4 heteroatoms. The number of hydrogen-bond acceptors (Lipinski definition) is 3. The fourth-order valence-electron chi connectivity index (χ4n) is 3.63. The lowest BCUT2D eigenvalue weighted by atomic mass is 9.86. The van der Waals surface area contributed by atoms with Crippen LogP contribution in [-0.4, -0.2) is 36.2 Å². The molecule has 1 aromatic carbocycles. The van der Waals surface area contributed by atoms with Crippen LogP contribution in [0.3, 0.4) is 0 Å². The van der Waals surface area contributed by atoms with E-state index in [0.717, 1.165) is 51.6 Å². The van der Waals surface area contributed by atoms with Gasteiger partial charge in [-0.05, 0) is 50.7 Å². The Bertz CT molecular complexity index is 483. The molecule has 1 amide bonds. The molecule has 1 aliphatic carbocycles. The standard InChI is InChI=1S/C18H26N2O2/c21-17-10-8-14(9-11-17)18(22)19-15-5-4-12-20(13-15)16-6-2-1-3-7-16/h1-3,6-7,14-15,17,21H,4-5,8-13H2,(H,19,22)/t14?,15-,17?/m0/s1. The molecule has 22 heavy (non-hydrogen) atoms. The normalized spacial score (nSPS) is 29.1. The van der Waals surface area contributed by atoms with Gasteiger partial charge < -0.3 is 15.3 Å². The molecule has 1 atom stereocenters. The number of piperidine rings is 1. The van der Waals surface area contributed by atoms with E-state index >= 15 is 0 Å². The highest BCUT2D eigenvalue weighted by atomic mass is 16.3. The molecule has 1 aliphatic heterocycles. The molecule has 1 heterocycles. The first-order chi connectivity index (χ1) is 10.7. The van der Waals surface area contributed by atoms with Crippen LogP contribution in [0.15, 0.2) is 30.3 Å². The zero-order valence-corrected chi connectivity index (χ0v) is 13.1. The van der Waals surface area contributed by atoms with Gasteiger partial charge in [0.1, 0.15) is 0 Å². The molecule has 0 spiro atoms. The third-order valence-electron chi connectivity index (χ3n) is 4.96. The quantitative estimate of drug-likeness (QED) is 0.901. The van der Waals surface area contributed by atoms with Crippen molar-refractivity contribution in [2.75, 3.05) is 18.0 Å². The summed E-state index contributed by atoms with van der Waals surface area (Å²) in [5.41, 5.74) is 1.24. The van der Waals surface area contributed by atoms with Gasteiger partial charge in [-0.3, -0.25) is 4.79 Å². The lowest BCUT2D eigenvalue weighted by Crippen LogP contribution is -2.49. The van der Waals surface area contributed by atoms with Crippen molar-refractivity contribution < 1.29 is 9.90 Å². The van der Waals surface area contributed by atoms with Crippen LogP contribution < -0.4 is 10.2 Å². The molecule has 1 aromatic rings. The van der Waals surface area contributed by atoms with E-state index in [1.165, 1.54) is 5.69 Å². The molecule has 0 aromatic heterocycles. The van der Waals surface area contributed by atoms with E-state index in [1.54, 1.807) is 0 Å². The molecule has 2 fully saturated rings. The molecule has 0 unspecified atom stereocenters. The third kappa shape index (κ3) is 3.80. The average molecular weight is 302 g/mol. The van der Waals surface area contributed by atoms with Gasteiger partial charge in [0.2, 0.25) is 5.91 Å². The molecule has 4 nitrogen and oxygen atoms in total. The van der Waals surface area contributed by atoms with Crippen LogP contribution in [0.2, 0.25) is 0 Å². The van der Waals surface area contributed by atoms with Crippen LogP contribution in [0.1, 0.15) is 38.5 Å². The number of para-hydroxylation sites is 1. The lowest BCUT2D eigenvalue weighted by Gasteiger charge is -2.36. The number of aliphatic hydroxyl groups is 1. The van der Waals surface area contributed by atoms with E-state index in [4.69, 9.17) is 0 Å². The van der Waals surface area contributed by atoms with Gasteiger partial charge in [0.15, 0.2) is 0 Å². The van der Waals surface area contributed by atoms with Crippen LogP contribution >= 0.6 is 0 Å². The summed E-state index contributed by atoms with van der Waals surface area (Å²) >= 11 is 0. The maximum Gasteiger partial charge on any atom is 0.223 e. The maximum atomic E-state index is 12.4. The first kappa shape index (κ1) is 15.3. The molecule has 3 rings (SSSR count). The summed E-state index contributed by atoms with van der Waals surface area (Å²) in [7, 11) is 0. The fraction of sp³-hybridized carbons (Fsp3) is 0.611. The van der Waals surface area contributed by atoms with E-state index < -0.39 is 0 Å². The SMILES string of the molecule is O=C(N[C@H]1CCCN(c2ccccc2)C1)C1CCC(O)CC1. The predicted molar refractivity (Wildman–Crippen MR) is 87.8 cm³/mol. The van der Waals surface area contributed by atoms with Crippen LogP contribution in [0, 0.1) is 5.92 Å². The zero-order chi connectivity index (χ0) is 15.4. The largest absolute Gasteiger partial charge is 0.393 e. The summed E-state index contributed by atoms with van der Waals surface area (Å²) in [5, 5.41) is 12.8. The molecule has 0 bridgehead atoms. The van der Waals surface area contributed by atoms with Crippen molar-refractivity contribution >= 4 is 11.6 Å². The van der Waals surface area contributed by atoms with Crippen molar-refractivity contribution in [2.45, 2.75) is 50.7 Å². The number of aliphatic hydroxyl groups excluding tert-OH is 1. The Morgan fingerprint density at radius 1 is 1.09 bits per heavy atom. The average Bonchev–Trinajstić information content (AvgIpc) is 2.56. The van der Waals surface area contributed by atoms with Gasteiger partial charge in [0.25, 0.3) is 0 Å². The number of carbonyl (C=O) groups is 1. The number of amides is 1. The van der Waals surface area contributed by atoms with E-state index in [-0.39, 0.29) is 24.0 Å². The van der Waals surface area contributed by atoms with Crippen LogP contribution in [-0.2, 0) is 4.79 Å². The topological polar surface area (TPSA) is 52.6 Å². The molecule has 2 N–H and O–H groups in total. The van der Waals surface area contributed by atoms with Gasteiger partial charge >= 0.3 is 0 Å². The summed E-state index contributed by atoms with van der Waals surface area (Å²) in [4.78, 5) is 14.8. The third-order valence-corrected chi connectivity index (χ3v) is 4.96. The molecule has 1 saturated carbocycles. The fourth-order valence-corrected chi connectivity index (χ4v) is 3.63. The van der Waals surface area contributed by atoms with Crippen molar-refractivity contribution in [3.63, 3.8) is 0 Å². The highest BCUT2D eigenvalue weighted by molar-refractivity contribution is 5.79. The molecular formula is C18H26N2O2. The van der Waals surface area contributed by atoms with Crippen LogP contribution in [0.25, 0.3) is 0 Å². The van der Waals surface area contributed by atoms with E-state index in [9.17, 15) is 9.90 Å². The molecule has 1 saturated heterocycles. The van der Waals surface area contributed by atoms with Gasteiger partial charge in [0, 0.05) is 30.7 Å². The Labute approximate surface area is 132 Å². The zero-order valence-electron chi connectivity index (χ0n) is 13.1. The van der Waals surface area contributed by atoms with E-state index in [1.807, 2.05) is 6.07 Å². The minimum absolute atomic E-state index is 0.0931. The Balaban J connectivity index is 1.53. The van der Waals surface area contributed by atoms with Crippen molar-refractivity contribution in [3.05, 3.63) is 30.3 Å². The predicted octanol–water partition coefficient (Wildman–Crippen LogP) is 2.32. The second-order valence-corrected chi connectivity index (χ2v) is 6.63. The van der Waals surface area contributed by atoms with E-state index in [2.05, 4.69) is 34.5 Å². The smallest absolute Gasteiger partial charge is 0.223 e. The maximum absolute atomic E-state index is 12.4. The van der Waals surface area contributed by atoms with Crippen molar-refractivity contribution in [1.29, 1.82) is 0 Å². The van der Waals surface area contributed by atoms with Crippen molar-refractivity contribution in [2.24, 2.45) is 5.92 Å². The number of nitrogens with one attached hydrogen (secondary N) is 1. The van der Waals surface area contributed by atoms with E-state index in [0.29, 0.717) is 0 Å². The lowest BCUT2D eigenvalue weighted by molar-refractivity contribution is -0.127. The number of benzene rings is 1. The summed E-state index contributed by atoms with van der Waals surface area (Å²) < 4.78 is 0. The Kier molecular flexibility index (Phi) is 4.98. The summed E-state index contributed by atoms with van der Waals surface area (Å²) in [6.07, 6.45) is 5.14. The monoisotopic (exact) mass is 302 g/mol. The van der Waals surface area contributed by atoms with Gasteiger partial charge in [-0.1, -0.05) is 18.2 Å². The van der Waals surface area contributed by atoms with Crippen LogP contribution in [0.4, 0.5) is 5.69 Å². The minimum Gasteiger partial charge on any atom is -0.393 e. The van der Waals surface area contributed by atoms with Crippen molar-refractivity contribution in [1.82, 2.24) is 5.32 Å². The Morgan fingerprint density at radius 2 is 1.82 bits per heavy atom. The van der Waals surface area contributed by atoms with Crippen LogP contribution in [0.5, 0.6) is 0 Å². The molecule has 0 radical (unpaired) electrons. The minimum atomic E-state index is -0.202. The van der Waals surface area contributed by atoms with Gasteiger partial charge in [-0.15, -0.1) is 0 Å². The number of carbonyl (C=O) groups excluding carboxylic acids is 1. The van der Waals surface area contributed by atoms with Gasteiger partial charge in [0.05, 0.1) is 6.10 Å². The Morgan fingerprint density at radius 3 is 2.55 bits per heavy atom. The highest BCUT2D eigenvalue weighted by Crippen LogP contribution is 2.25. The highest BCUT2D eigenvalue weighted by Gasteiger charge is 2.28. The number of rotatable bonds is 3. The summed E-state index contributed by atoms with van der Waals surface area (Å²) in [5.74, 6) is 0.280. The first-order valence-electron chi connectivity index (χ1n) is 8.51. The second-order valence-electron chi connectivity index (χ2n) is 6.63.